The summed E-state index contributed by atoms with van der Waals surface area (Å²) in [6.07, 6.45) is 6.12. The quantitative estimate of drug-likeness (QED) is 0.722. The predicted octanol–water partition coefficient (Wildman–Crippen LogP) is 1.37. The Hall–Kier alpha value is -0.610. The minimum absolute atomic E-state index is 0.128. The van der Waals surface area contributed by atoms with Gasteiger partial charge < -0.3 is 10.6 Å². The van der Waals surface area contributed by atoms with Gasteiger partial charge in [-0.05, 0) is 45.2 Å². The first-order chi connectivity index (χ1) is 8.71. The zero-order chi connectivity index (χ0) is 13.4. The van der Waals surface area contributed by atoms with Crippen LogP contribution >= 0.6 is 0 Å². The smallest absolute Gasteiger partial charge is 0.233 e. The fourth-order valence-electron chi connectivity index (χ4n) is 2.76. The van der Waals surface area contributed by atoms with E-state index in [9.17, 15) is 4.79 Å². The van der Waals surface area contributed by atoms with Gasteiger partial charge in [-0.3, -0.25) is 9.69 Å². The van der Waals surface area contributed by atoms with E-state index in [1.165, 1.54) is 32.1 Å². The Morgan fingerprint density at radius 2 is 1.89 bits per heavy atom. The molecule has 0 atom stereocenters. The van der Waals surface area contributed by atoms with E-state index in [4.69, 9.17) is 0 Å². The van der Waals surface area contributed by atoms with Crippen molar-refractivity contribution in [2.24, 2.45) is 0 Å². The number of nitrogens with one attached hydrogen (secondary N) is 2. The molecule has 1 rings (SSSR count). The summed E-state index contributed by atoms with van der Waals surface area (Å²) >= 11 is 0. The van der Waals surface area contributed by atoms with E-state index in [0.29, 0.717) is 18.6 Å². The van der Waals surface area contributed by atoms with Crippen LogP contribution in [0.1, 0.15) is 46.0 Å². The van der Waals surface area contributed by atoms with Crippen molar-refractivity contribution < 1.29 is 4.79 Å². The maximum absolute atomic E-state index is 11.5. The second kappa shape index (κ2) is 8.48. The van der Waals surface area contributed by atoms with Crippen molar-refractivity contribution in [1.82, 2.24) is 15.5 Å². The number of carbonyl (C=O) groups excluding carboxylic acids is 1. The van der Waals surface area contributed by atoms with E-state index in [1.54, 1.807) is 7.05 Å². The summed E-state index contributed by atoms with van der Waals surface area (Å²) in [6.45, 7) is 6.99. The maximum Gasteiger partial charge on any atom is 0.233 e. The first-order valence-electron chi connectivity index (χ1n) is 7.39. The molecule has 18 heavy (non-hydrogen) atoms. The first kappa shape index (κ1) is 15.4. The lowest BCUT2D eigenvalue weighted by molar-refractivity contribution is -0.122. The Morgan fingerprint density at radius 1 is 1.22 bits per heavy atom. The van der Waals surface area contributed by atoms with E-state index < -0.39 is 0 Å². The van der Waals surface area contributed by atoms with Crippen LogP contribution in [0.4, 0.5) is 0 Å². The van der Waals surface area contributed by atoms with Crippen LogP contribution in [0.2, 0.25) is 0 Å². The van der Waals surface area contributed by atoms with Gasteiger partial charge in [0.2, 0.25) is 5.91 Å². The van der Waals surface area contributed by atoms with Crippen LogP contribution in [0.15, 0.2) is 0 Å². The second-order valence-corrected chi connectivity index (χ2v) is 5.20. The van der Waals surface area contributed by atoms with E-state index in [0.717, 1.165) is 13.1 Å². The average Bonchev–Trinajstić information content (AvgIpc) is 2.42. The van der Waals surface area contributed by atoms with Crippen LogP contribution in [0.3, 0.4) is 0 Å². The summed E-state index contributed by atoms with van der Waals surface area (Å²) in [5.41, 5.74) is 0. The van der Waals surface area contributed by atoms with E-state index in [2.05, 4.69) is 29.4 Å². The Balaban J connectivity index is 2.33. The third-order valence-electron chi connectivity index (χ3n) is 3.93. The van der Waals surface area contributed by atoms with Crippen molar-refractivity contribution >= 4 is 5.91 Å². The Kier molecular flexibility index (Phi) is 7.28. The van der Waals surface area contributed by atoms with Crippen molar-refractivity contribution in [3.63, 3.8) is 0 Å². The molecule has 1 fully saturated rings. The highest BCUT2D eigenvalue weighted by Gasteiger charge is 2.25. The van der Waals surface area contributed by atoms with Gasteiger partial charge in [0.25, 0.3) is 0 Å². The molecule has 0 radical (unpaired) electrons. The van der Waals surface area contributed by atoms with Crippen molar-refractivity contribution in [2.75, 3.05) is 26.7 Å². The number of hydrogen-bond donors (Lipinski definition) is 2. The molecule has 0 unspecified atom stereocenters. The molecule has 1 aliphatic carbocycles. The lowest BCUT2D eigenvalue weighted by Gasteiger charge is -2.36. The highest BCUT2D eigenvalue weighted by Crippen LogP contribution is 2.23. The highest BCUT2D eigenvalue weighted by atomic mass is 16.1. The van der Waals surface area contributed by atoms with Gasteiger partial charge in [-0.25, -0.2) is 0 Å². The standard InChI is InChI=1S/C14H29N3O/c1-4-10-16-12-6-8-13(9-7-12)17(5-2)11-14(18)15-3/h12-13,16H,4-11H2,1-3H3,(H,15,18). The third kappa shape index (κ3) is 4.94. The molecule has 0 spiro atoms. The Labute approximate surface area is 111 Å². The lowest BCUT2D eigenvalue weighted by Crippen LogP contribution is -2.46. The minimum Gasteiger partial charge on any atom is -0.358 e. The van der Waals surface area contributed by atoms with Gasteiger partial charge in [0.1, 0.15) is 0 Å². The lowest BCUT2D eigenvalue weighted by atomic mass is 9.90. The fraction of sp³-hybridized carbons (Fsp3) is 0.929. The molecule has 0 aromatic carbocycles. The van der Waals surface area contributed by atoms with Gasteiger partial charge in [-0.15, -0.1) is 0 Å². The van der Waals surface area contributed by atoms with Gasteiger partial charge in [-0.1, -0.05) is 13.8 Å². The van der Waals surface area contributed by atoms with Gasteiger partial charge in [-0.2, -0.15) is 0 Å². The summed E-state index contributed by atoms with van der Waals surface area (Å²) in [5.74, 6) is 0.128. The van der Waals surface area contributed by atoms with Gasteiger partial charge in [0.15, 0.2) is 0 Å². The Morgan fingerprint density at radius 3 is 2.39 bits per heavy atom. The molecule has 0 aromatic rings. The summed E-state index contributed by atoms with van der Waals surface area (Å²) in [6, 6.07) is 1.28. The van der Waals surface area contributed by atoms with Crippen LogP contribution in [-0.4, -0.2) is 49.6 Å². The molecular weight excluding hydrogens is 226 g/mol. The van der Waals surface area contributed by atoms with Crippen molar-refractivity contribution in [1.29, 1.82) is 0 Å². The summed E-state index contributed by atoms with van der Waals surface area (Å²) in [7, 11) is 1.71. The van der Waals surface area contributed by atoms with E-state index in [1.807, 2.05) is 0 Å². The van der Waals surface area contributed by atoms with Crippen LogP contribution in [0.25, 0.3) is 0 Å². The van der Waals surface area contributed by atoms with Crippen LogP contribution in [0, 0.1) is 0 Å². The van der Waals surface area contributed by atoms with Gasteiger partial charge in [0.05, 0.1) is 6.54 Å². The molecule has 0 heterocycles. The normalized spacial score (nSPS) is 24.2. The zero-order valence-corrected chi connectivity index (χ0v) is 12.2. The Bertz CT molecular complexity index is 237. The average molecular weight is 255 g/mol. The fourth-order valence-corrected chi connectivity index (χ4v) is 2.76. The molecule has 0 saturated heterocycles. The van der Waals surface area contributed by atoms with Crippen molar-refractivity contribution in [2.45, 2.75) is 58.0 Å². The van der Waals surface area contributed by atoms with E-state index in [-0.39, 0.29) is 5.91 Å². The topological polar surface area (TPSA) is 44.4 Å². The molecule has 0 bridgehead atoms. The number of amides is 1. The molecule has 1 saturated carbocycles. The molecule has 1 amide bonds. The zero-order valence-electron chi connectivity index (χ0n) is 12.2. The largest absolute Gasteiger partial charge is 0.358 e. The summed E-state index contributed by atoms with van der Waals surface area (Å²) < 4.78 is 0. The number of hydrogen-bond acceptors (Lipinski definition) is 3. The maximum atomic E-state index is 11.5. The highest BCUT2D eigenvalue weighted by molar-refractivity contribution is 5.77. The summed E-state index contributed by atoms with van der Waals surface area (Å²) in [4.78, 5) is 13.8. The van der Waals surface area contributed by atoms with Crippen molar-refractivity contribution in [3.8, 4) is 0 Å². The molecular formula is C14H29N3O. The number of likely N-dealkylation sites (N-methyl/N-ethyl adjacent to an activating group) is 2. The van der Waals surface area contributed by atoms with E-state index >= 15 is 0 Å². The van der Waals surface area contributed by atoms with Crippen LogP contribution in [-0.2, 0) is 4.79 Å². The number of carbonyl (C=O) groups is 1. The molecule has 106 valence electrons. The molecule has 1 aliphatic rings. The molecule has 0 aromatic heterocycles. The molecule has 4 heteroatoms. The number of rotatable bonds is 7. The first-order valence-corrected chi connectivity index (χ1v) is 7.39. The third-order valence-corrected chi connectivity index (χ3v) is 3.93. The predicted molar refractivity (Wildman–Crippen MR) is 75.7 cm³/mol. The second-order valence-electron chi connectivity index (χ2n) is 5.20. The summed E-state index contributed by atoms with van der Waals surface area (Å²) in [5, 5.41) is 6.32. The van der Waals surface area contributed by atoms with Gasteiger partial charge >= 0.3 is 0 Å². The monoisotopic (exact) mass is 255 g/mol. The van der Waals surface area contributed by atoms with Crippen LogP contribution in [0.5, 0.6) is 0 Å². The van der Waals surface area contributed by atoms with Gasteiger partial charge in [0, 0.05) is 19.1 Å². The van der Waals surface area contributed by atoms with Crippen LogP contribution < -0.4 is 10.6 Å². The number of nitrogens with zero attached hydrogens (tertiary/aromatic N) is 1. The molecule has 0 aliphatic heterocycles. The molecule has 2 N–H and O–H groups in total. The minimum atomic E-state index is 0.128. The molecule has 4 nitrogen and oxygen atoms in total. The SMILES string of the molecule is CCCNC1CCC(N(CC)CC(=O)NC)CC1. The van der Waals surface area contributed by atoms with Crippen molar-refractivity contribution in [3.05, 3.63) is 0 Å².